The standard InChI is InChI=1S/C17H20FNO/c1-10-7-12(3)16(14(18)8-10)17(19)13-6-5-11(2)15(9-13)20-4/h5-9,17H,19H2,1-4H3. The number of halogens is 1. The van der Waals surface area contributed by atoms with Gasteiger partial charge in [0, 0.05) is 5.56 Å². The van der Waals surface area contributed by atoms with Crippen LogP contribution < -0.4 is 10.5 Å². The molecule has 2 aromatic carbocycles. The number of methoxy groups -OCH3 is 1. The van der Waals surface area contributed by atoms with E-state index in [1.54, 1.807) is 7.11 Å². The second kappa shape index (κ2) is 5.63. The zero-order valence-corrected chi connectivity index (χ0v) is 12.3. The predicted octanol–water partition coefficient (Wildman–Crippen LogP) is 3.81. The first-order valence-electron chi connectivity index (χ1n) is 6.60. The van der Waals surface area contributed by atoms with Crippen molar-refractivity contribution < 1.29 is 9.13 Å². The average molecular weight is 273 g/mol. The van der Waals surface area contributed by atoms with Crippen LogP contribution in [0.1, 0.15) is 33.9 Å². The summed E-state index contributed by atoms with van der Waals surface area (Å²) in [6, 6.07) is 8.71. The normalized spacial score (nSPS) is 12.3. The first kappa shape index (κ1) is 14.5. The third-order valence-electron chi connectivity index (χ3n) is 3.58. The number of aryl methyl sites for hydroxylation is 3. The van der Waals surface area contributed by atoms with E-state index in [0.717, 1.165) is 28.0 Å². The Morgan fingerprint density at radius 3 is 2.35 bits per heavy atom. The van der Waals surface area contributed by atoms with Crippen molar-refractivity contribution in [3.8, 4) is 5.75 Å². The highest BCUT2D eigenvalue weighted by atomic mass is 19.1. The molecule has 106 valence electrons. The van der Waals surface area contributed by atoms with Crippen LogP contribution in [-0.2, 0) is 0 Å². The Morgan fingerprint density at radius 2 is 1.75 bits per heavy atom. The number of nitrogens with two attached hydrogens (primary N) is 1. The van der Waals surface area contributed by atoms with Gasteiger partial charge >= 0.3 is 0 Å². The highest BCUT2D eigenvalue weighted by Gasteiger charge is 2.17. The smallest absolute Gasteiger partial charge is 0.128 e. The molecule has 2 N–H and O–H groups in total. The molecule has 0 radical (unpaired) electrons. The number of hydrogen-bond acceptors (Lipinski definition) is 2. The van der Waals surface area contributed by atoms with E-state index >= 15 is 0 Å². The lowest BCUT2D eigenvalue weighted by atomic mass is 9.93. The van der Waals surface area contributed by atoms with Crippen molar-refractivity contribution in [3.05, 3.63) is 64.0 Å². The fourth-order valence-electron chi connectivity index (χ4n) is 2.52. The summed E-state index contributed by atoms with van der Waals surface area (Å²) in [6.07, 6.45) is 0. The molecular weight excluding hydrogens is 253 g/mol. The van der Waals surface area contributed by atoms with E-state index in [1.807, 2.05) is 45.0 Å². The first-order chi connectivity index (χ1) is 9.43. The monoisotopic (exact) mass is 273 g/mol. The second-order valence-electron chi connectivity index (χ2n) is 5.18. The van der Waals surface area contributed by atoms with Gasteiger partial charge in [0.05, 0.1) is 13.2 Å². The van der Waals surface area contributed by atoms with Crippen LogP contribution in [0.3, 0.4) is 0 Å². The Balaban J connectivity index is 2.49. The lowest BCUT2D eigenvalue weighted by molar-refractivity contribution is 0.411. The van der Waals surface area contributed by atoms with Crippen molar-refractivity contribution in [2.45, 2.75) is 26.8 Å². The molecule has 0 fully saturated rings. The molecular formula is C17H20FNO. The number of rotatable bonds is 3. The van der Waals surface area contributed by atoms with Gasteiger partial charge in [0.15, 0.2) is 0 Å². The quantitative estimate of drug-likeness (QED) is 0.923. The van der Waals surface area contributed by atoms with Crippen molar-refractivity contribution >= 4 is 0 Å². The molecule has 0 aliphatic rings. The molecule has 2 rings (SSSR count). The van der Waals surface area contributed by atoms with E-state index in [9.17, 15) is 4.39 Å². The Hall–Kier alpha value is -1.87. The van der Waals surface area contributed by atoms with Crippen molar-refractivity contribution in [2.24, 2.45) is 5.73 Å². The minimum absolute atomic E-state index is 0.255. The molecule has 0 aliphatic heterocycles. The van der Waals surface area contributed by atoms with Gasteiger partial charge in [-0.15, -0.1) is 0 Å². The van der Waals surface area contributed by atoms with Crippen LogP contribution >= 0.6 is 0 Å². The van der Waals surface area contributed by atoms with Gasteiger partial charge in [0.25, 0.3) is 0 Å². The van der Waals surface area contributed by atoms with Crippen molar-refractivity contribution in [2.75, 3.05) is 7.11 Å². The van der Waals surface area contributed by atoms with E-state index in [4.69, 9.17) is 10.5 Å². The van der Waals surface area contributed by atoms with Crippen LogP contribution in [0.25, 0.3) is 0 Å². The molecule has 0 amide bonds. The minimum Gasteiger partial charge on any atom is -0.496 e. The van der Waals surface area contributed by atoms with Crippen LogP contribution in [-0.4, -0.2) is 7.11 Å². The Kier molecular flexibility index (Phi) is 4.09. The van der Waals surface area contributed by atoms with E-state index < -0.39 is 6.04 Å². The highest BCUT2D eigenvalue weighted by molar-refractivity contribution is 5.44. The zero-order valence-electron chi connectivity index (χ0n) is 12.3. The van der Waals surface area contributed by atoms with Crippen LogP contribution in [0.15, 0.2) is 30.3 Å². The van der Waals surface area contributed by atoms with Crippen LogP contribution in [0, 0.1) is 26.6 Å². The maximum atomic E-state index is 14.2. The zero-order chi connectivity index (χ0) is 14.9. The minimum atomic E-state index is -0.495. The molecule has 0 aliphatic carbocycles. The third kappa shape index (κ3) is 2.68. The summed E-state index contributed by atoms with van der Waals surface area (Å²) in [7, 11) is 1.62. The van der Waals surface area contributed by atoms with Gasteiger partial charge in [-0.1, -0.05) is 18.2 Å². The average Bonchev–Trinajstić information content (AvgIpc) is 2.37. The predicted molar refractivity (Wildman–Crippen MR) is 79.6 cm³/mol. The van der Waals surface area contributed by atoms with Crippen LogP contribution in [0.4, 0.5) is 4.39 Å². The topological polar surface area (TPSA) is 35.2 Å². The summed E-state index contributed by atoms with van der Waals surface area (Å²) < 4.78 is 19.5. The molecule has 0 bridgehead atoms. The summed E-state index contributed by atoms with van der Waals surface area (Å²) in [4.78, 5) is 0. The van der Waals surface area contributed by atoms with E-state index in [2.05, 4.69) is 0 Å². The maximum absolute atomic E-state index is 14.2. The molecule has 0 saturated carbocycles. The van der Waals surface area contributed by atoms with E-state index in [1.165, 1.54) is 6.07 Å². The van der Waals surface area contributed by atoms with Crippen LogP contribution in [0.5, 0.6) is 5.75 Å². The summed E-state index contributed by atoms with van der Waals surface area (Å²) in [5.74, 6) is 0.512. The van der Waals surface area contributed by atoms with Gasteiger partial charge in [0.1, 0.15) is 11.6 Å². The molecule has 3 heteroatoms. The summed E-state index contributed by atoms with van der Waals surface area (Å²) in [5.41, 5.74) is 10.4. The Labute approximate surface area is 119 Å². The van der Waals surface area contributed by atoms with Gasteiger partial charge in [-0.05, 0) is 55.2 Å². The van der Waals surface area contributed by atoms with Crippen molar-refractivity contribution in [3.63, 3.8) is 0 Å². The van der Waals surface area contributed by atoms with Gasteiger partial charge < -0.3 is 10.5 Å². The highest BCUT2D eigenvalue weighted by Crippen LogP contribution is 2.29. The Bertz CT molecular complexity index is 614. The number of ether oxygens (including phenoxy) is 1. The molecule has 20 heavy (non-hydrogen) atoms. The lowest BCUT2D eigenvalue weighted by Crippen LogP contribution is -2.15. The van der Waals surface area contributed by atoms with Gasteiger partial charge in [0.2, 0.25) is 0 Å². The Morgan fingerprint density at radius 1 is 1.05 bits per heavy atom. The van der Waals surface area contributed by atoms with Crippen molar-refractivity contribution in [1.82, 2.24) is 0 Å². The summed E-state index contributed by atoms with van der Waals surface area (Å²) in [5, 5.41) is 0. The molecule has 0 heterocycles. The summed E-state index contributed by atoms with van der Waals surface area (Å²) >= 11 is 0. The molecule has 2 nitrogen and oxygen atoms in total. The van der Waals surface area contributed by atoms with Gasteiger partial charge in [-0.2, -0.15) is 0 Å². The summed E-state index contributed by atoms with van der Waals surface area (Å²) in [6.45, 7) is 5.73. The molecule has 0 saturated heterocycles. The molecule has 0 spiro atoms. The van der Waals surface area contributed by atoms with E-state index in [-0.39, 0.29) is 5.82 Å². The molecule has 1 unspecified atom stereocenters. The van der Waals surface area contributed by atoms with Gasteiger partial charge in [-0.25, -0.2) is 4.39 Å². The third-order valence-corrected chi connectivity index (χ3v) is 3.58. The van der Waals surface area contributed by atoms with Crippen LogP contribution in [0.2, 0.25) is 0 Å². The van der Waals surface area contributed by atoms with Gasteiger partial charge in [-0.3, -0.25) is 0 Å². The largest absolute Gasteiger partial charge is 0.496 e. The molecule has 1 atom stereocenters. The lowest BCUT2D eigenvalue weighted by Gasteiger charge is -2.18. The SMILES string of the molecule is COc1cc(C(N)c2c(C)cc(C)cc2F)ccc1C. The molecule has 2 aromatic rings. The molecule has 0 aromatic heterocycles. The fraction of sp³-hybridized carbons (Fsp3) is 0.294. The number of hydrogen-bond donors (Lipinski definition) is 1. The van der Waals surface area contributed by atoms with Crippen molar-refractivity contribution in [1.29, 1.82) is 0 Å². The number of benzene rings is 2. The van der Waals surface area contributed by atoms with E-state index in [0.29, 0.717) is 5.56 Å². The maximum Gasteiger partial charge on any atom is 0.128 e. The fourth-order valence-corrected chi connectivity index (χ4v) is 2.52. The second-order valence-corrected chi connectivity index (χ2v) is 5.18. The first-order valence-corrected chi connectivity index (χ1v) is 6.60.